The van der Waals surface area contributed by atoms with Gasteiger partial charge in [-0.1, -0.05) is 0 Å². The molecule has 0 amide bonds. The van der Waals surface area contributed by atoms with Crippen LogP contribution in [0, 0.1) is 0 Å². The second-order valence-electron chi connectivity index (χ2n) is 0.862. The van der Waals surface area contributed by atoms with Crippen molar-refractivity contribution >= 4 is 11.8 Å². The first-order valence-electron chi connectivity index (χ1n) is 1.50. The molecule has 4 nitrogen and oxygen atoms in total. The van der Waals surface area contributed by atoms with Gasteiger partial charge in [0.05, 0.1) is 0 Å². The summed E-state index contributed by atoms with van der Waals surface area (Å²) in [6, 6.07) is 0. The van der Waals surface area contributed by atoms with E-state index in [0.717, 1.165) is 0 Å². The molecule has 0 atom stereocenters. The molecule has 8 heavy (non-hydrogen) atoms. The summed E-state index contributed by atoms with van der Waals surface area (Å²) in [4.78, 5) is 18.9. The Morgan fingerprint density at radius 2 is 1.88 bits per heavy atom. The van der Waals surface area contributed by atoms with Crippen molar-refractivity contribution in [2.75, 3.05) is 6.67 Å². The SMILES string of the molecule is N.O=C(O)C(=O)CF. The van der Waals surface area contributed by atoms with Crippen LogP contribution in [0.1, 0.15) is 0 Å². The van der Waals surface area contributed by atoms with E-state index in [9.17, 15) is 14.0 Å². The van der Waals surface area contributed by atoms with Crippen LogP contribution in [0.25, 0.3) is 0 Å². The summed E-state index contributed by atoms with van der Waals surface area (Å²) >= 11 is 0. The third kappa shape index (κ3) is 3.23. The quantitative estimate of drug-likeness (QED) is 0.496. The summed E-state index contributed by atoms with van der Waals surface area (Å²) in [6.45, 7) is -1.42. The van der Waals surface area contributed by atoms with Crippen LogP contribution < -0.4 is 6.15 Å². The van der Waals surface area contributed by atoms with Crippen LogP contribution in [0.4, 0.5) is 4.39 Å². The first kappa shape index (κ1) is 10.1. The molecular formula is C3H6FNO3. The summed E-state index contributed by atoms with van der Waals surface area (Å²) in [7, 11) is 0. The molecule has 0 rings (SSSR count). The smallest absolute Gasteiger partial charge is 0.375 e. The Kier molecular flexibility index (Phi) is 5.30. The standard InChI is InChI=1S/C3H3FO3.H3N/c4-1-2(5)3(6)7;/h1H2,(H,6,7);1H3. The zero-order valence-electron chi connectivity index (χ0n) is 4.06. The normalized spacial score (nSPS) is 7.12. The topological polar surface area (TPSA) is 89.4 Å². The van der Waals surface area contributed by atoms with Crippen molar-refractivity contribution in [1.82, 2.24) is 6.15 Å². The number of carboxylic acids is 1. The van der Waals surface area contributed by atoms with Crippen LogP contribution in [0.5, 0.6) is 0 Å². The van der Waals surface area contributed by atoms with Crippen LogP contribution in [0.15, 0.2) is 0 Å². The average molecular weight is 123 g/mol. The Bertz CT molecular complexity index is 103. The summed E-state index contributed by atoms with van der Waals surface area (Å²) < 4.78 is 10.9. The van der Waals surface area contributed by atoms with E-state index in [0.29, 0.717) is 0 Å². The molecule has 5 heteroatoms. The number of Topliss-reactive ketones (excluding diaryl/α,β-unsaturated/α-hetero) is 1. The van der Waals surface area contributed by atoms with Gasteiger partial charge >= 0.3 is 5.97 Å². The van der Waals surface area contributed by atoms with Crippen molar-refractivity contribution in [3.8, 4) is 0 Å². The minimum atomic E-state index is -1.72. The van der Waals surface area contributed by atoms with Gasteiger partial charge in [-0.05, 0) is 0 Å². The van der Waals surface area contributed by atoms with Gasteiger partial charge in [0.2, 0.25) is 0 Å². The molecule has 0 radical (unpaired) electrons. The van der Waals surface area contributed by atoms with Gasteiger partial charge in [-0.3, -0.25) is 4.79 Å². The number of alkyl halides is 1. The fourth-order valence-electron chi connectivity index (χ4n) is 0.0572. The number of hydrogen-bond acceptors (Lipinski definition) is 3. The van der Waals surface area contributed by atoms with Gasteiger partial charge in [-0.25, -0.2) is 9.18 Å². The summed E-state index contributed by atoms with van der Waals surface area (Å²) in [5.74, 6) is -3.12. The van der Waals surface area contributed by atoms with Crippen molar-refractivity contribution < 1.29 is 19.1 Å². The lowest BCUT2D eigenvalue weighted by Crippen LogP contribution is -2.13. The van der Waals surface area contributed by atoms with Gasteiger partial charge in [-0.2, -0.15) is 0 Å². The molecule has 0 saturated carbocycles. The molecule has 4 N–H and O–H groups in total. The van der Waals surface area contributed by atoms with Crippen molar-refractivity contribution in [3.63, 3.8) is 0 Å². The lowest BCUT2D eigenvalue weighted by atomic mass is 10.5. The third-order valence-corrected chi connectivity index (χ3v) is 0.360. The van der Waals surface area contributed by atoms with E-state index in [1.165, 1.54) is 0 Å². The number of aliphatic carboxylic acids is 1. The monoisotopic (exact) mass is 123 g/mol. The second kappa shape index (κ2) is 4.20. The summed E-state index contributed by atoms with van der Waals surface area (Å²) in [5.41, 5.74) is 0. The number of ketones is 1. The number of carbonyl (C=O) groups is 2. The average Bonchev–Trinajstić information content (AvgIpc) is 1.65. The Hall–Kier alpha value is -0.970. The van der Waals surface area contributed by atoms with Gasteiger partial charge in [0.15, 0.2) is 6.67 Å². The van der Waals surface area contributed by atoms with E-state index in [-0.39, 0.29) is 6.15 Å². The number of halogens is 1. The maximum absolute atomic E-state index is 10.9. The Morgan fingerprint density at radius 3 is 1.88 bits per heavy atom. The minimum Gasteiger partial charge on any atom is -0.475 e. The lowest BCUT2D eigenvalue weighted by Gasteiger charge is -1.78. The number of rotatable bonds is 2. The molecule has 0 fully saturated rings. The predicted octanol–water partition coefficient (Wildman–Crippen LogP) is -0.228. The third-order valence-electron chi connectivity index (χ3n) is 0.360. The van der Waals surface area contributed by atoms with E-state index in [2.05, 4.69) is 0 Å². The molecule has 0 aromatic rings. The first-order valence-corrected chi connectivity index (χ1v) is 1.50. The van der Waals surface area contributed by atoms with Gasteiger partial charge in [-0.15, -0.1) is 0 Å². The molecule has 0 aliphatic heterocycles. The van der Waals surface area contributed by atoms with Crippen molar-refractivity contribution in [1.29, 1.82) is 0 Å². The molecule has 0 aliphatic carbocycles. The molecule has 0 saturated heterocycles. The fourth-order valence-corrected chi connectivity index (χ4v) is 0.0572. The van der Waals surface area contributed by atoms with Gasteiger partial charge in [0, 0.05) is 0 Å². The zero-order valence-corrected chi connectivity index (χ0v) is 4.06. The summed E-state index contributed by atoms with van der Waals surface area (Å²) in [5, 5.41) is 7.59. The van der Waals surface area contributed by atoms with E-state index >= 15 is 0 Å². The van der Waals surface area contributed by atoms with E-state index < -0.39 is 18.4 Å². The van der Waals surface area contributed by atoms with E-state index in [1.54, 1.807) is 0 Å². The molecule has 0 heterocycles. The maximum atomic E-state index is 10.9. The number of carbonyl (C=O) groups excluding carboxylic acids is 1. The fraction of sp³-hybridized carbons (Fsp3) is 0.333. The van der Waals surface area contributed by atoms with Crippen molar-refractivity contribution in [2.24, 2.45) is 0 Å². The molecule has 0 spiro atoms. The van der Waals surface area contributed by atoms with Gasteiger partial charge in [0.25, 0.3) is 5.78 Å². The van der Waals surface area contributed by atoms with E-state index in [4.69, 9.17) is 5.11 Å². The molecule has 0 aliphatic rings. The minimum absolute atomic E-state index is 0. The molecule has 0 bridgehead atoms. The molecule has 0 aromatic carbocycles. The van der Waals surface area contributed by atoms with Crippen LogP contribution in [0.3, 0.4) is 0 Å². The van der Waals surface area contributed by atoms with Crippen molar-refractivity contribution in [2.45, 2.75) is 0 Å². The molecule has 0 unspecified atom stereocenters. The second-order valence-corrected chi connectivity index (χ2v) is 0.862. The lowest BCUT2D eigenvalue weighted by molar-refractivity contribution is -0.149. The number of hydrogen-bond donors (Lipinski definition) is 2. The number of carboxylic acid groups (broad SMARTS) is 1. The largest absolute Gasteiger partial charge is 0.475 e. The van der Waals surface area contributed by atoms with Crippen LogP contribution in [-0.2, 0) is 9.59 Å². The highest BCUT2D eigenvalue weighted by Gasteiger charge is 2.08. The predicted molar refractivity (Wildman–Crippen MR) is 23.6 cm³/mol. The van der Waals surface area contributed by atoms with Crippen LogP contribution in [0.2, 0.25) is 0 Å². The molecule has 48 valence electrons. The Labute approximate surface area is 44.9 Å². The zero-order chi connectivity index (χ0) is 5.86. The maximum Gasteiger partial charge on any atom is 0.375 e. The Balaban J connectivity index is 0. The van der Waals surface area contributed by atoms with Gasteiger partial charge < -0.3 is 11.3 Å². The first-order chi connectivity index (χ1) is 3.18. The highest BCUT2D eigenvalue weighted by Crippen LogP contribution is 1.71. The summed E-state index contributed by atoms with van der Waals surface area (Å²) in [6.07, 6.45) is 0. The van der Waals surface area contributed by atoms with Crippen molar-refractivity contribution in [3.05, 3.63) is 0 Å². The Morgan fingerprint density at radius 1 is 1.50 bits per heavy atom. The van der Waals surface area contributed by atoms with Gasteiger partial charge in [0.1, 0.15) is 0 Å². The molecular weight excluding hydrogens is 117 g/mol. The van der Waals surface area contributed by atoms with Crippen LogP contribution >= 0.6 is 0 Å². The molecule has 0 aromatic heterocycles. The highest BCUT2D eigenvalue weighted by atomic mass is 19.1. The van der Waals surface area contributed by atoms with Crippen LogP contribution in [-0.4, -0.2) is 23.5 Å². The van der Waals surface area contributed by atoms with E-state index in [1.807, 2.05) is 0 Å². The highest BCUT2D eigenvalue weighted by molar-refractivity contribution is 6.33.